The minimum absolute atomic E-state index is 0.137. The van der Waals surface area contributed by atoms with E-state index in [-0.39, 0.29) is 61.4 Å². The van der Waals surface area contributed by atoms with Gasteiger partial charge in [-0.2, -0.15) is 0 Å². The molecular formula is C38H68N2O7Si2. The average Bonchev–Trinajstić information content (AvgIpc) is 3.40. The highest BCUT2D eigenvalue weighted by Crippen LogP contribution is 2.29. The van der Waals surface area contributed by atoms with Gasteiger partial charge in [0.25, 0.3) is 0 Å². The highest BCUT2D eigenvalue weighted by molar-refractivity contribution is 6.57. The molecule has 0 aromatic heterocycles. The van der Waals surface area contributed by atoms with Crippen molar-refractivity contribution in [2.24, 2.45) is 35.5 Å². The molecule has 2 saturated heterocycles. The van der Waals surface area contributed by atoms with E-state index in [2.05, 4.69) is 53.7 Å². The minimum Gasteiger partial charge on any atom is -0.419 e. The third kappa shape index (κ3) is 15.5. The summed E-state index contributed by atoms with van der Waals surface area (Å²) in [5.41, 5.74) is 2.30. The van der Waals surface area contributed by atoms with Gasteiger partial charge >= 0.3 is 18.6 Å². The molecule has 11 heteroatoms. The summed E-state index contributed by atoms with van der Waals surface area (Å²) < 4.78 is 5.59. The Morgan fingerprint density at radius 2 is 1.10 bits per heavy atom. The van der Waals surface area contributed by atoms with E-state index in [0.717, 1.165) is 24.0 Å². The predicted molar refractivity (Wildman–Crippen MR) is 201 cm³/mol. The Labute approximate surface area is 300 Å². The van der Waals surface area contributed by atoms with Gasteiger partial charge in [-0.05, 0) is 88.1 Å². The molecule has 0 aliphatic carbocycles. The van der Waals surface area contributed by atoms with Crippen LogP contribution in [0.4, 0.5) is 0 Å². The van der Waals surface area contributed by atoms with Gasteiger partial charge in [0, 0.05) is 25.9 Å². The van der Waals surface area contributed by atoms with Gasteiger partial charge in [-0.25, -0.2) is 0 Å². The molecule has 2 heterocycles. The van der Waals surface area contributed by atoms with Crippen LogP contribution in [0, 0.1) is 35.5 Å². The zero-order valence-electron chi connectivity index (χ0n) is 31.9. The van der Waals surface area contributed by atoms with Crippen LogP contribution < -0.4 is 0 Å². The number of hydrogen-bond acceptors (Lipinski definition) is 7. The molecule has 8 atom stereocenters. The van der Waals surface area contributed by atoms with E-state index in [4.69, 9.17) is 4.12 Å². The first-order valence-electron chi connectivity index (χ1n) is 19.2. The summed E-state index contributed by atoms with van der Waals surface area (Å²) in [6, 6.07) is 0.651. The maximum atomic E-state index is 13.0. The Kier molecular flexibility index (Phi) is 19.5. The van der Waals surface area contributed by atoms with Gasteiger partial charge < -0.3 is 13.7 Å². The molecule has 0 aromatic rings. The summed E-state index contributed by atoms with van der Waals surface area (Å²) in [5.74, 6) is 0.963. The number of likely N-dealkylation sites (tertiary alicyclic amines) is 2. The Morgan fingerprint density at radius 1 is 0.735 bits per heavy atom. The van der Waals surface area contributed by atoms with Crippen molar-refractivity contribution in [2.75, 3.05) is 13.1 Å². The lowest BCUT2D eigenvalue weighted by molar-refractivity contribution is -0.140. The summed E-state index contributed by atoms with van der Waals surface area (Å²) in [5, 5.41) is 0. The first-order valence-corrected chi connectivity index (χ1v) is 22.8. The monoisotopic (exact) mass is 720 g/mol. The second-order valence-corrected chi connectivity index (χ2v) is 19.6. The van der Waals surface area contributed by atoms with Gasteiger partial charge in [-0.15, -0.1) is 0 Å². The lowest BCUT2D eigenvalue weighted by atomic mass is 9.90. The van der Waals surface area contributed by atoms with Crippen LogP contribution >= 0.6 is 0 Å². The van der Waals surface area contributed by atoms with Crippen LogP contribution in [0.1, 0.15) is 132 Å². The number of carbonyl (C=O) groups excluding carboxylic acids is 4. The normalized spacial score (nSPS) is 23.0. The highest BCUT2D eigenvalue weighted by atomic mass is 28.4. The summed E-state index contributed by atoms with van der Waals surface area (Å²) in [4.78, 5) is 74.9. The zero-order valence-corrected chi connectivity index (χ0v) is 34.2. The van der Waals surface area contributed by atoms with E-state index >= 15 is 0 Å². The Hall–Kier alpha value is -1.93. The molecular weight excluding hydrogens is 653 g/mol. The number of nitrogens with zero attached hydrogens (tertiary/aromatic N) is 2. The van der Waals surface area contributed by atoms with Crippen molar-refractivity contribution in [1.29, 1.82) is 0 Å². The maximum absolute atomic E-state index is 13.0. The topological polar surface area (TPSA) is 124 Å². The molecule has 9 nitrogen and oxygen atoms in total. The second kappa shape index (κ2) is 22.1. The first-order chi connectivity index (χ1) is 23.1. The van der Waals surface area contributed by atoms with Gasteiger partial charge in [-0.1, -0.05) is 90.5 Å². The lowest BCUT2D eigenvalue weighted by Crippen LogP contribution is -2.35. The van der Waals surface area contributed by atoms with Crippen LogP contribution in [-0.2, 0) is 23.3 Å². The Bertz CT molecular complexity index is 1060. The van der Waals surface area contributed by atoms with Crippen LogP contribution in [0.5, 0.6) is 0 Å². The quantitative estimate of drug-likeness (QED) is 0.0658. The first kappa shape index (κ1) is 43.2. The number of allylic oxidation sites excluding steroid dienone is 4. The van der Waals surface area contributed by atoms with Crippen LogP contribution in [0.2, 0.25) is 12.1 Å². The van der Waals surface area contributed by atoms with E-state index in [9.17, 15) is 28.8 Å². The van der Waals surface area contributed by atoms with Gasteiger partial charge in [-0.3, -0.25) is 29.0 Å². The summed E-state index contributed by atoms with van der Waals surface area (Å²) >= 11 is 0. The molecule has 0 saturated carbocycles. The predicted octanol–water partition coefficient (Wildman–Crippen LogP) is 6.56. The number of rotatable bonds is 24. The van der Waals surface area contributed by atoms with Crippen molar-refractivity contribution >= 4 is 42.2 Å². The molecule has 0 radical (unpaired) electrons. The fraction of sp³-hybridized carbons (Fsp3) is 0.789. The number of amides is 4. The highest BCUT2D eigenvalue weighted by Gasteiger charge is 2.39. The molecule has 0 aromatic carbocycles. The van der Waals surface area contributed by atoms with E-state index in [1.165, 1.54) is 35.5 Å². The van der Waals surface area contributed by atoms with Gasteiger partial charge in [0.1, 0.15) is 0 Å². The van der Waals surface area contributed by atoms with Crippen LogP contribution in [-0.4, -0.2) is 74.7 Å². The van der Waals surface area contributed by atoms with Crippen molar-refractivity contribution < 1.29 is 32.9 Å². The minimum atomic E-state index is -2.68. The largest absolute Gasteiger partial charge is 0.419 e. The molecule has 280 valence electrons. The fourth-order valence-corrected chi connectivity index (χ4v) is 11.6. The molecule has 2 N–H and O–H groups in total. The summed E-state index contributed by atoms with van der Waals surface area (Å²) in [6.07, 6.45) is 14.0. The van der Waals surface area contributed by atoms with Crippen LogP contribution in [0.15, 0.2) is 23.3 Å². The molecule has 0 bridgehead atoms. The Morgan fingerprint density at radius 3 is 1.45 bits per heavy atom. The molecule has 2 fully saturated rings. The third-order valence-electron chi connectivity index (χ3n) is 10.0. The molecule has 2 aliphatic rings. The number of hydrogen-bond donors (Lipinski definition) is 2. The number of carbonyl (C=O) groups is 4. The van der Waals surface area contributed by atoms with Crippen molar-refractivity contribution in [3.8, 4) is 0 Å². The van der Waals surface area contributed by atoms with Gasteiger partial charge in [0.2, 0.25) is 23.6 Å². The van der Waals surface area contributed by atoms with E-state index in [0.29, 0.717) is 61.4 Å². The van der Waals surface area contributed by atoms with E-state index in [1.54, 1.807) is 0 Å². The van der Waals surface area contributed by atoms with Gasteiger partial charge in [0.05, 0.1) is 11.8 Å². The molecule has 49 heavy (non-hydrogen) atoms. The third-order valence-corrected chi connectivity index (χ3v) is 14.4. The second-order valence-electron chi connectivity index (χ2n) is 15.5. The zero-order chi connectivity index (χ0) is 36.7. The molecule has 2 rings (SSSR count). The fourth-order valence-electron chi connectivity index (χ4n) is 7.97. The molecule has 8 unspecified atom stereocenters. The standard InChI is InChI=1S/C38H68N2O7Si2/c1-9-13-27(3)19-29(5)21-31(7)23-33-25-35(41)39(37(33)43)15-11-17-48(45)47-49(46)18-12-16-40-36(42)26-34(38(40)44)24-32(8)22-30(6)20-28(4)14-10-2/h21-22,27-30,33-34,45-46,48-49H,9-20,23-26H2,1-8H3/b31-21+,32-22+. The smallest absolute Gasteiger partial charge is 0.309 e. The van der Waals surface area contributed by atoms with Crippen molar-refractivity contribution in [1.82, 2.24) is 9.80 Å². The van der Waals surface area contributed by atoms with Crippen molar-refractivity contribution in [3.05, 3.63) is 23.3 Å². The van der Waals surface area contributed by atoms with Crippen molar-refractivity contribution in [2.45, 2.75) is 145 Å². The summed E-state index contributed by atoms with van der Waals surface area (Å²) in [7, 11) is -5.36. The lowest BCUT2D eigenvalue weighted by Gasteiger charge is -2.19. The van der Waals surface area contributed by atoms with Crippen LogP contribution in [0.3, 0.4) is 0 Å². The molecule has 0 spiro atoms. The van der Waals surface area contributed by atoms with E-state index in [1.807, 2.05) is 13.8 Å². The average molecular weight is 721 g/mol. The Balaban J connectivity index is 1.70. The maximum Gasteiger partial charge on any atom is 0.309 e. The summed E-state index contributed by atoms with van der Waals surface area (Å²) in [6.45, 7) is 18.0. The molecule has 4 amide bonds. The number of imide groups is 2. The van der Waals surface area contributed by atoms with Gasteiger partial charge in [0.15, 0.2) is 0 Å². The SMILES string of the molecule is CCCC(C)CC(C)/C=C(\C)CC1CC(=O)N(CCC[SiH](O)O[SiH](O)CCCN2C(=O)CC(C/C(C)=C/C(C)CC(C)CCC)C2=O)C1=O. The molecule has 2 aliphatic heterocycles. The van der Waals surface area contributed by atoms with E-state index < -0.39 is 18.6 Å². The van der Waals surface area contributed by atoms with Crippen LogP contribution in [0.25, 0.3) is 0 Å². The van der Waals surface area contributed by atoms with Crippen molar-refractivity contribution in [3.63, 3.8) is 0 Å².